The van der Waals surface area contributed by atoms with Crippen LogP contribution in [0, 0.1) is 0 Å². The van der Waals surface area contributed by atoms with E-state index in [4.69, 9.17) is 4.74 Å². The van der Waals surface area contributed by atoms with Crippen molar-refractivity contribution in [1.82, 2.24) is 9.97 Å². The van der Waals surface area contributed by atoms with Gasteiger partial charge in [0.1, 0.15) is 12.4 Å². The number of aromatic nitrogens is 2. The Bertz CT molecular complexity index is 538. The van der Waals surface area contributed by atoms with Crippen LogP contribution < -0.4 is 0 Å². The molecule has 0 aliphatic heterocycles. The average molecular weight is 244 g/mol. The minimum absolute atomic E-state index is 0.373. The van der Waals surface area contributed by atoms with Crippen molar-refractivity contribution in [3.63, 3.8) is 0 Å². The molecule has 0 aliphatic carbocycles. The van der Waals surface area contributed by atoms with Gasteiger partial charge in [-0.15, -0.1) is 0 Å². The third-order valence-electron chi connectivity index (χ3n) is 2.37. The van der Waals surface area contributed by atoms with Crippen molar-refractivity contribution in [3.05, 3.63) is 30.1 Å². The highest BCUT2D eigenvalue weighted by molar-refractivity contribution is 5.83. The summed E-state index contributed by atoms with van der Waals surface area (Å²) in [5.41, 5.74) is 1.96. The van der Waals surface area contributed by atoms with Crippen molar-refractivity contribution in [2.24, 2.45) is 9.98 Å². The number of nitrogens with one attached hydrogen (secondary N) is 1. The molecule has 1 aromatic heterocycles. The Morgan fingerprint density at radius 1 is 1.44 bits per heavy atom. The van der Waals surface area contributed by atoms with E-state index in [2.05, 4.69) is 20.0 Å². The van der Waals surface area contributed by atoms with Crippen LogP contribution in [0.2, 0.25) is 0 Å². The first kappa shape index (κ1) is 12.3. The van der Waals surface area contributed by atoms with E-state index in [1.165, 1.54) is 0 Å². The molecule has 18 heavy (non-hydrogen) atoms. The number of para-hydroxylation sites is 2. The maximum atomic E-state index is 5.06. The second kappa shape index (κ2) is 5.95. The monoisotopic (exact) mass is 244 g/mol. The number of hydrogen-bond donors (Lipinski definition) is 1. The fourth-order valence-electron chi connectivity index (χ4n) is 1.55. The van der Waals surface area contributed by atoms with Crippen molar-refractivity contribution < 1.29 is 4.74 Å². The van der Waals surface area contributed by atoms with Crippen molar-refractivity contribution >= 4 is 23.3 Å². The van der Waals surface area contributed by atoms with Crippen LogP contribution in [0.1, 0.15) is 19.2 Å². The molecular weight excluding hydrogens is 228 g/mol. The standard InChI is InChI=1S/C13H16N4O/c1-3-8-14-13(18-2)15-9-12-16-10-6-4-5-7-11(10)17-12/h4-8H,3,9H2,1-2H3,(H,16,17)/b14-8-,15-13+. The summed E-state index contributed by atoms with van der Waals surface area (Å²) in [4.78, 5) is 16.0. The number of nitrogens with zero attached hydrogens (tertiary/aromatic N) is 3. The third kappa shape index (κ3) is 2.94. The summed E-state index contributed by atoms with van der Waals surface area (Å²) in [6, 6.07) is 8.26. The molecule has 1 heterocycles. The van der Waals surface area contributed by atoms with E-state index >= 15 is 0 Å². The molecule has 0 aliphatic rings. The Labute approximate surface area is 106 Å². The predicted molar refractivity (Wildman–Crippen MR) is 73.0 cm³/mol. The second-order valence-corrected chi connectivity index (χ2v) is 3.72. The number of rotatable bonds is 3. The van der Waals surface area contributed by atoms with Gasteiger partial charge in [0, 0.05) is 6.21 Å². The Kier molecular flexibility index (Phi) is 4.06. The van der Waals surface area contributed by atoms with Crippen molar-refractivity contribution in [2.45, 2.75) is 19.9 Å². The van der Waals surface area contributed by atoms with Crippen molar-refractivity contribution in [2.75, 3.05) is 7.11 Å². The van der Waals surface area contributed by atoms with Gasteiger partial charge in [0.25, 0.3) is 0 Å². The molecule has 1 N–H and O–H groups in total. The van der Waals surface area contributed by atoms with Crippen molar-refractivity contribution in [3.8, 4) is 0 Å². The number of imidazole rings is 1. The van der Waals surface area contributed by atoms with Crippen LogP contribution >= 0.6 is 0 Å². The van der Waals surface area contributed by atoms with Crippen LogP contribution in [0.15, 0.2) is 34.3 Å². The lowest BCUT2D eigenvalue weighted by Crippen LogP contribution is -1.99. The summed E-state index contributed by atoms with van der Waals surface area (Å²) in [5.74, 6) is 0.803. The van der Waals surface area contributed by atoms with Gasteiger partial charge in [-0.25, -0.2) is 15.0 Å². The van der Waals surface area contributed by atoms with Crippen LogP contribution in [0.3, 0.4) is 0 Å². The number of amidine groups is 1. The number of methoxy groups -OCH3 is 1. The number of hydrogen-bond acceptors (Lipinski definition) is 3. The fraction of sp³-hybridized carbons (Fsp3) is 0.308. The normalized spacial score (nSPS) is 12.4. The highest BCUT2D eigenvalue weighted by atomic mass is 16.5. The second-order valence-electron chi connectivity index (χ2n) is 3.72. The molecule has 0 bridgehead atoms. The summed E-state index contributed by atoms with van der Waals surface area (Å²) in [6.07, 6.45) is 2.62. The third-order valence-corrected chi connectivity index (χ3v) is 2.37. The van der Waals surface area contributed by atoms with E-state index in [1.807, 2.05) is 31.2 Å². The topological polar surface area (TPSA) is 62.6 Å². The van der Waals surface area contributed by atoms with E-state index in [0.29, 0.717) is 12.6 Å². The highest BCUT2D eigenvalue weighted by Crippen LogP contribution is 2.10. The molecule has 0 saturated carbocycles. The SMILES string of the molecule is CC/C=N\C(=N/Cc1nc2ccccc2[nH]1)OC. The highest BCUT2D eigenvalue weighted by Gasteiger charge is 2.01. The van der Waals surface area contributed by atoms with Gasteiger partial charge >= 0.3 is 6.02 Å². The minimum Gasteiger partial charge on any atom is -0.467 e. The van der Waals surface area contributed by atoms with Gasteiger partial charge in [0.2, 0.25) is 0 Å². The summed E-state index contributed by atoms with van der Waals surface area (Å²) < 4.78 is 5.06. The Morgan fingerprint density at radius 2 is 2.28 bits per heavy atom. The molecule has 0 unspecified atom stereocenters. The summed E-state index contributed by atoms with van der Waals surface area (Å²) in [6.45, 7) is 2.44. The first-order valence-electron chi connectivity index (χ1n) is 5.88. The number of H-pyrrole nitrogens is 1. The summed E-state index contributed by atoms with van der Waals surface area (Å²) >= 11 is 0. The minimum atomic E-state index is 0.373. The maximum absolute atomic E-state index is 5.06. The molecule has 2 rings (SSSR count). The van der Waals surface area contributed by atoms with E-state index in [9.17, 15) is 0 Å². The molecule has 1 aromatic carbocycles. The molecule has 0 saturated heterocycles. The lowest BCUT2D eigenvalue weighted by Gasteiger charge is -1.96. The summed E-state index contributed by atoms with van der Waals surface area (Å²) in [5, 5.41) is 0. The van der Waals surface area contributed by atoms with Crippen LogP contribution in [-0.2, 0) is 11.3 Å². The Morgan fingerprint density at radius 3 is 3.00 bits per heavy atom. The molecular formula is C13H16N4O. The predicted octanol–water partition coefficient (Wildman–Crippen LogP) is 2.55. The maximum Gasteiger partial charge on any atom is 0.311 e. The van der Waals surface area contributed by atoms with Crippen LogP contribution in [0.25, 0.3) is 11.0 Å². The average Bonchev–Trinajstić information content (AvgIpc) is 2.81. The zero-order valence-electron chi connectivity index (χ0n) is 10.6. The van der Waals surface area contributed by atoms with Gasteiger partial charge < -0.3 is 9.72 Å². The number of aromatic amines is 1. The van der Waals surface area contributed by atoms with Gasteiger partial charge in [-0.1, -0.05) is 19.1 Å². The number of benzene rings is 1. The van der Waals surface area contributed by atoms with Gasteiger partial charge in [0.15, 0.2) is 0 Å². The molecule has 0 radical (unpaired) electrons. The van der Waals surface area contributed by atoms with Gasteiger partial charge in [0.05, 0.1) is 18.1 Å². The fourth-order valence-corrected chi connectivity index (χ4v) is 1.55. The number of ether oxygens (including phenoxy) is 1. The van der Waals surface area contributed by atoms with Gasteiger partial charge in [-0.05, 0) is 18.6 Å². The smallest absolute Gasteiger partial charge is 0.311 e. The zero-order valence-corrected chi connectivity index (χ0v) is 10.6. The zero-order chi connectivity index (χ0) is 12.8. The lowest BCUT2D eigenvalue weighted by atomic mass is 10.3. The molecule has 2 aromatic rings. The van der Waals surface area contributed by atoms with E-state index in [1.54, 1.807) is 13.3 Å². The lowest BCUT2D eigenvalue weighted by molar-refractivity contribution is 0.394. The first-order chi connectivity index (χ1) is 8.83. The number of fused-ring (bicyclic) bond motifs is 1. The summed E-state index contributed by atoms with van der Waals surface area (Å²) in [7, 11) is 1.56. The van der Waals surface area contributed by atoms with E-state index in [0.717, 1.165) is 23.3 Å². The first-order valence-corrected chi connectivity index (χ1v) is 5.88. The van der Waals surface area contributed by atoms with E-state index < -0.39 is 0 Å². The molecule has 5 nitrogen and oxygen atoms in total. The molecule has 94 valence electrons. The largest absolute Gasteiger partial charge is 0.467 e. The number of aliphatic imine (C=N–C) groups is 2. The Balaban J connectivity index is 2.13. The molecule has 0 spiro atoms. The molecule has 5 heteroatoms. The van der Waals surface area contributed by atoms with Gasteiger partial charge in [-0.2, -0.15) is 0 Å². The molecule has 0 amide bonds. The van der Waals surface area contributed by atoms with E-state index in [-0.39, 0.29) is 0 Å². The van der Waals surface area contributed by atoms with Crippen LogP contribution in [0.5, 0.6) is 0 Å². The molecule has 0 atom stereocenters. The van der Waals surface area contributed by atoms with Crippen LogP contribution in [0.4, 0.5) is 0 Å². The van der Waals surface area contributed by atoms with Crippen LogP contribution in [-0.4, -0.2) is 29.3 Å². The van der Waals surface area contributed by atoms with Gasteiger partial charge in [-0.3, -0.25) is 0 Å². The molecule has 0 fully saturated rings. The quantitative estimate of drug-likeness (QED) is 0.666. The van der Waals surface area contributed by atoms with Crippen molar-refractivity contribution in [1.29, 1.82) is 0 Å². The Hall–Kier alpha value is -2.17.